The molecule has 6 heteroatoms. The van der Waals surface area contributed by atoms with E-state index in [-0.39, 0.29) is 24.8 Å². The molecule has 1 N–H and O–H groups in total. The molecule has 14 heavy (non-hydrogen) atoms. The van der Waals surface area contributed by atoms with Gasteiger partial charge in [0.2, 0.25) is 0 Å². The number of hydrogen-bond donors (Lipinski definition) is 1. The fourth-order valence-electron chi connectivity index (χ4n) is 1.59. The van der Waals surface area contributed by atoms with Crippen molar-refractivity contribution in [3.05, 3.63) is 16.9 Å². The molecule has 2 heterocycles. The van der Waals surface area contributed by atoms with Crippen molar-refractivity contribution in [1.82, 2.24) is 15.1 Å². The van der Waals surface area contributed by atoms with Gasteiger partial charge < -0.3 is 5.32 Å². The topological polar surface area (TPSA) is 29.9 Å². The second-order valence-electron chi connectivity index (χ2n) is 3.12. The standard InChI is InChI=1S/C8H12BrN3.2ClH/c9-7-5-11-12(6-7)8-1-3-10-4-2-8;;/h5-6,8,10H,1-4H2;2*1H. The average Bonchev–Trinajstić information content (AvgIpc) is 2.54. The first kappa shape index (κ1) is 14.2. The van der Waals surface area contributed by atoms with Crippen LogP contribution in [-0.2, 0) is 0 Å². The number of nitrogens with one attached hydrogen (secondary N) is 1. The third kappa shape index (κ3) is 3.42. The summed E-state index contributed by atoms with van der Waals surface area (Å²) >= 11 is 3.40. The van der Waals surface area contributed by atoms with Gasteiger partial charge in [-0.1, -0.05) is 0 Å². The minimum atomic E-state index is 0. The number of hydrogen-bond acceptors (Lipinski definition) is 2. The highest BCUT2D eigenvalue weighted by molar-refractivity contribution is 9.10. The van der Waals surface area contributed by atoms with Crippen molar-refractivity contribution in [2.75, 3.05) is 13.1 Å². The molecule has 0 aromatic carbocycles. The van der Waals surface area contributed by atoms with E-state index < -0.39 is 0 Å². The van der Waals surface area contributed by atoms with Gasteiger partial charge in [-0.3, -0.25) is 4.68 Å². The molecular weight excluding hydrogens is 289 g/mol. The zero-order chi connectivity index (χ0) is 8.39. The lowest BCUT2D eigenvalue weighted by Crippen LogP contribution is -2.29. The SMILES string of the molecule is Brc1cnn(C2CCNCC2)c1.Cl.Cl. The summed E-state index contributed by atoms with van der Waals surface area (Å²) in [6.45, 7) is 2.23. The van der Waals surface area contributed by atoms with Crippen LogP contribution in [0, 0.1) is 0 Å². The molecule has 0 radical (unpaired) electrons. The maximum Gasteiger partial charge on any atom is 0.0632 e. The summed E-state index contributed by atoms with van der Waals surface area (Å²) in [6, 6.07) is 0.595. The molecule has 82 valence electrons. The monoisotopic (exact) mass is 301 g/mol. The number of rotatable bonds is 1. The van der Waals surface area contributed by atoms with Crippen LogP contribution in [0.25, 0.3) is 0 Å². The molecule has 1 aromatic rings. The van der Waals surface area contributed by atoms with E-state index in [0.29, 0.717) is 6.04 Å². The normalized spacial score (nSPS) is 16.9. The molecule has 0 amide bonds. The van der Waals surface area contributed by atoms with Gasteiger partial charge in [0.25, 0.3) is 0 Å². The highest BCUT2D eigenvalue weighted by Crippen LogP contribution is 2.19. The zero-order valence-electron chi connectivity index (χ0n) is 7.65. The van der Waals surface area contributed by atoms with Crippen LogP contribution in [-0.4, -0.2) is 22.9 Å². The van der Waals surface area contributed by atoms with Crippen molar-refractivity contribution in [1.29, 1.82) is 0 Å². The predicted molar refractivity (Wildman–Crippen MR) is 65.6 cm³/mol. The van der Waals surface area contributed by atoms with Gasteiger partial charge in [0.1, 0.15) is 0 Å². The van der Waals surface area contributed by atoms with E-state index in [1.807, 2.05) is 6.20 Å². The van der Waals surface area contributed by atoms with E-state index in [4.69, 9.17) is 0 Å². The van der Waals surface area contributed by atoms with E-state index in [2.05, 4.69) is 37.2 Å². The zero-order valence-corrected chi connectivity index (χ0v) is 10.9. The van der Waals surface area contributed by atoms with Gasteiger partial charge in [-0.15, -0.1) is 24.8 Å². The second-order valence-corrected chi connectivity index (χ2v) is 4.04. The summed E-state index contributed by atoms with van der Waals surface area (Å²) in [4.78, 5) is 0. The third-order valence-corrected chi connectivity index (χ3v) is 2.66. The first-order valence-electron chi connectivity index (χ1n) is 4.26. The van der Waals surface area contributed by atoms with E-state index in [0.717, 1.165) is 17.6 Å². The Labute approximate surface area is 105 Å². The summed E-state index contributed by atoms with van der Waals surface area (Å²) in [6.07, 6.45) is 6.28. The van der Waals surface area contributed by atoms with E-state index >= 15 is 0 Å². The fourth-order valence-corrected chi connectivity index (χ4v) is 1.89. The number of piperidine rings is 1. The molecule has 1 fully saturated rings. The van der Waals surface area contributed by atoms with Gasteiger partial charge in [0.05, 0.1) is 16.7 Å². The Balaban J connectivity index is 0.000000845. The first-order valence-corrected chi connectivity index (χ1v) is 5.06. The van der Waals surface area contributed by atoms with E-state index in [1.165, 1.54) is 12.8 Å². The van der Waals surface area contributed by atoms with Crippen molar-refractivity contribution >= 4 is 40.7 Å². The molecule has 0 aliphatic carbocycles. The molecule has 1 aromatic heterocycles. The molecule has 1 aliphatic heterocycles. The molecule has 0 unspecified atom stereocenters. The van der Waals surface area contributed by atoms with Gasteiger partial charge in [-0.2, -0.15) is 5.10 Å². The molecule has 1 saturated heterocycles. The highest BCUT2D eigenvalue weighted by atomic mass is 79.9. The molecular formula is C8H14BrCl2N3. The summed E-state index contributed by atoms with van der Waals surface area (Å²) in [7, 11) is 0. The van der Waals surface area contributed by atoms with Crippen LogP contribution in [0.4, 0.5) is 0 Å². The van der Waals surface area contributed by atoms with Crippen LogP contribution in [0.3, 0.4) is 0 Å². The lowest BCUT2D eigenvalue weighted by Gasteiger charge is -2.22. The molecule has 0 saturated carbocycles. The quantitative estimate of drug-likeness (QED) is 0.863. The van der Waals surface area contributed by atoms with Gasteiger partial charge in [-0.05, 0) is 41.9 Å². The number of aromatic nitrogens is 2. The Hall–Kier alpha value is 0.230. The fraction of sp³-hybridized carbons (Fsp3) is 0.625. The van der Waals surface area contributed by atoms with Crippen molar-refractivity contribution in [3.8, 4) is 0 Å². The first-order chi connectivity index (χ1) is 5.86. The smallest absolute Gasteiger partial charge is 0.0632 e. The molecule has 0 atom stereocenters. The molecule has 0 bridgehead atoms. The number of halogens is 3. The minimum absolute atomic E-state index is 0. The predicted octanol–water partition coefficient (Wildman–Crippen LogP) is 2.41. The second kappa shape index (κ2) is 6.67. The van der Waals surface area contributed by atoms with Crippen LogP contribution in [0.1, 0.15) is 18.9 Å². The summed E-state index contributed by atoms with van der Waals surface area (Å²) in [5, 5.41) is 7.62. The Morgan fingerprint density at radius 3 is 2.50 bits per heavy atom. The summed E-state index contributed by atoms with van der Waals surface area (Å²) in [5.41, 5.74) is 0. The van der Waals surface area contributed by atoms with Crippen molar-refractivity contribution in [2.45, 2.75) is 18.9 Å². The molecule has 3 nitrogen and oxygen atoms in total. The minimum Gasteiger partial charge on any atom is -0.317 e. The van der Waals surface area contributed by atoms with Crippen molar-refractivity contribution in [3.63, 3.8) is 0 Å². The van der Waals surface area contributed by atoms with E-state index in [9.17, 15) is 0 Å². The molecule has 2 rings (SSSR count). The maximum absolute atomic E-state index is 4.28. The highest BCUT2D eigenvalue weighted by Gasteiger charge is 2.14. The lowest BCUT2D eigenvalue weighted by molar-refractivity contribution is 0.343. The van der Waals surface area contributed by atoms with E-state index in [1.54, 1.807) is 0 Å². The third-order valence-electron chi connectivity index (χ3n) is 2.25. The van der Waals surface area contributed by atoms with Gasteiger partial charge in [-0.25, -0.2) is 0 Å². The van der Waals surface area contributed by atoms with Crippen LogP contribution in [0.15, 0.2) is 16.9 Å². The lowest BCUT2D eigenvalue weighted by atomic mass is 10.1. The van der Waals surface area contributed by atoms with Crippen LogP contribution < -0.4 is 5.32 Å². The van der Waals surface area contributed by atoms with Crippen molar-refractivity contribution in [2.24, 2.45) is 0 Å². The Morgan fingerprint density at radius 2 is 2.00 bits per heavy atom. The van der Waals surface area contributed by atoms with Crippen LogP contribution >= 0.6 is 40.7 Å². The molecule has 1 aliphatic rings. The largest absolute Gasteiger partial charge is 0.317 e. The average molecular weight is 303 g/mol. The van der Waals surface area contributed by atoms with Crippen molar-refractivity contribution < 1.29 is 0 Å². The Morgan fingerprint density at radius 1 is 1.36 bits per heavy atom. The maximum atomic E-state index is 4.28. The summed E-state index contributed by atoms with van der Waals surface area (Å²) in [5.74, 6) is 0. The summed E-state index contributed by atoms with van der Waals surface area (Å²) < 4.78 is 3.13. The van der Waals surface area contributed by atoms with Crippen LogP contribution in [0.2, 0.25) is 0 Å². The number of nitrogens with zero attached hydrogens (tertiary/aromatic N) is 2. The Kier molecular flexibility index (Phi) is 6.78. The Bertz CT molecular complexity index is 261. The van der Waals surface area contributed by atoms with Gasteiger partial charge >= 0.3 is 0 Å². The van der Waals surface area contributed by atoms with Gasteiger partial charge in [0.15, 0.2) is 0 Å². The van der Waals surface area contributed by atoms with Gasteiger partial charge in [0, 0.05) is 6.20 Å². The van der Waals surface area contributed by atoms with Crippen LogP contribution in [0.5, 0.6) is 0 Å². The molecule has 0 spiro atoms.